The predicted molar refractivity (Wildman–Crippen MR) is 80.4 cm³/mol. The van der Waals surface area contributed by atoms with Crippen LogP contribution in [-0.4, -0.2) is 23.8 Å². The third-order valence-corrected chi connectivity index (χ3v) is 4.01. The molecule has 1 aromatic carbocycles. The Morgan fingerprint density at radius 3 is 2.70 bits per heavy atom. The number of thiophene rings is 1. The molecule has 0 atom stereocenters. The molecular formula is C16H18FNOS. The van der Waals surface area contributed by atoms with Crippen LogP contribution in [-0.2, 0) is 17.8 Å². The summed E-state index contributed by atoms with van der Waals surface area (Å²) in [5.74, 6) is -0.254. The lowest BCUT2D eigenvalue weighted by atomic mass is 10.1. The summed E-state index contributed by atoms with van der Waals surface area (Å²) in [6, 6.07) is 10.5. The van der Waals surface area contributed by atoms with Gasteiger partial charge in [-0.3, -0.25) is 9.69 Å². The van der Waals surface area contributed by atoms with E-state index < -0.39 is 0 Å². The number of hydrogen-bond acceptors (Lipinski definition) is 3. The van der Waals surface area contributed by atoms with Crippen molar-refractivity contribution >= 4 is 17.1 Å². The molecule has 0 fully saturated rings. The second-order valence-electron chi connectivity index (χ2n) is 4.69. The van der Waals surface area contributed by atoms with Crippen LogP contribution in [0.25, 0.3) is 0 Å². The highest BCUT2D eigenvalue weighted by atomic mass is 32.1. The average Bonchev–Trinajstić information content (AvgIpc) is 2.93. The van der Waals surface area contributed by atoms with Crippen molar-refractivity contribution in [3.8, 4) is 0 Å². The first-order valence-electron chi connectivity index (χ1n) is 6.69. The summed E-state index contributed by atoms with van der Waals surface area (Å²) >= 11 is 1.69. The van der Waals surface area contributed by atoms with E-state index in [0.717, 1.165) is 13.1 Å². The topological polar surface area (TPSA) is 20.3 Å². The molecule has 0 aliphatic rings. The summed E-state index contributed by atoms with van der Waals surface area (Å²) in [4.78, 5) is 15.4. The van der Waals surface area contributed by atoms with Crippen LogP contribution in [0, 0.1) is 5.82 Å². The van der Waals surface area contributed by atoms with Crippen molar-refractivity contribution in [2.24, 2.45) is 0 Å². The van der Waals surface area contributed by atoms with Gasteiger partial charge in [-0.15, -0.1) is 11.3 Å². The molecule has 1 heterocycles. The molecule has 0 aliphatic heterocycles. The molecule has 0 saturated heterocycles. The Balaban J connectivity index is 1.91. The van der Waals surface area contributed by atoms with Gasteiger partial charge in [0.1, 0.15) is 5.82 Å². The Labute approximate surface area is 122 Å². The summed E-state index contributed by atoms with van der Waals surface area (Å²) < 4.78 is 13.5. The number of hydrogen-bond donors (Lipinski definition) is 0. The molecule has 106 valence electrons. The molecule has 20 heavy (non-hydrogen) atoms. The van der Waals surface area contributed by atoms with Crippen molar-refractivity contribution in [2.45, 2.75) is 19.9 Å². The molecular weight excluding hydrogens is 273 g/mol. The minimum Gasteiger partial charge on any atom is -0.298 e. The lowest BCUT2D eigenvalue weighted by Crippen LogP contribution is -2.30. The Hall–Kier alpha value is -1.52. The maximum Gasteiger partial charge on any atom is 0.151 e. The Kier molecular flexibility index (Phi) is 5.44. The van der Waals surface area contributed by atoms with Gasteiger partial charge >= 0.3 is 0 Å². The monoisotopic (exact) mass is 291 g/mol. The van der Waals surface area contributed by atoms with E-state index in [2.05, 4.69) is 11.0 Å². The van der Waals surface area contributed by atoms with Gasteiger partial charge in [0.2, 0.25) is 0 Å². The van der Waals surface area contributed by atoms with Crippen LogP contribution in [0.15, 0.2) is 41.8 Å². The lowest BCUT2D eigenvalue weighted by Gasteiger charge is -2.18. The second-order valence-corrected chi connectivity index (χ2v) is 5.72. The van der Waals surface area contributed by atoms with Crippen molar-refractivity contribution < 1.29 is 9.18 Å². The molecule has 4 heteroatoms. The number of benzene rings is 1. The van der Waals surface area contributed by atoms with Crippen LogP contribution in [0.5, 0.6) is 0 Å². The van der Waals surface area contributed by atoms with Crippen molar-refractivity contribution in [1.82, 2.24) is 4.90 Å². The van der Waals surface area contributed by atoms with Gasteiger partial charge < -0.3 is 0 Å². The number of halogens is 1. The zero-order chi connectivity index (χ0) is 14.4. The number of rotatable bonds is 7. The Bertz CT molecular complexity index is 553. The fraction of sp³-hybridized carbons (Fsp3) is 0.312. The normalized spacial score (nSPS) is 10.9. The fourth-order valence-electron chi connectivity index (χ4n) is 2.06. The zero-order valence-corrected chi connectivity index (χ0v) is 12.3. The van der Waals surface area contributed by atoms with Gasteiger partial charge in [-0.05, 0) is 29.6 Å². The van der Waals surface area contributed by atoms with Crippen LogP contribution < -0.4 is 0 Å². The molecule has 0 bridgehead atoms. The van der Waals surface area contributed by atoms with Gasteiger partial charge in [0.15, 0.2) is 5.78 Å². The molecule has 0 saturated carbocycles. The number of nitrogens with zero attached hydrogens (tertiary/aromatic N) is 1. The number of carbonyl (C=O) groups is 1. The smallest absolute Gasteiger partial charge is 0.151 e. The third-order valence-electron chi connectivity index (χ3n) is 3.15. The van der Waals surface area contributed by atoms with E-state index >= 15 is 0 Å². The van der Waals surface area contributed by atoms with Gasteiger partial charge in [0.05, 0.1) is 6.54 Å². The van der Waals surface area contributed by atoms with Gasteiger partial charge in [-0.2, -0.15) is 0 Å². The fourth-order valence-corrected chi connectivity index (χ4v) is 2.81. The molecule has 0 aliphatic carbocycles. The molecule has 2 nitrogen and oxygen atoms in total. The standard InChI is InChI=1S/C16H18FNOS/c1-2-18(12-15-7-5-9-20-15)11-14(19)10-13-6-3-4-8-16(13)17/h3-9H,2,10-12H2,1H3. The second kappa shape index (κ2) is 7.31. The van der Waals surface area contributed by atoms with E-state index in [0.29, 0.717) is 12.1 Å². The first-order valence-corrected chi connectivity index (χ1v) is 7.57. The molecule has 2 rings (SSSR count). The largest absolute Gasteiger partial charge is 0.298 e. The highest BCUT2D eigenvalue weighted by Crippen LogP contribution is 2.12. The number of Topliss-reactive ketones (excluding diaryl/α,β-unsaturated/α-hetero) is 1. The molecule has 2 aromatic rings. The van der Waals surface area contributed by atoms with Gasteiger partial charge in [0, 0.05) is 17.8 Å². The summed E-state index contributed by atoms with van der Waals surface area (Å²) in [7, 11) is 0. The highest BCUT2D eigenvalue weighted by molar-refractivity contribution is 7.09. The lowest BCUT2D eigenvalue weighted by molar-refractivity contribution is -0.119. The predicted octanol–water partition coefficient (Wildman–Crippen LogP) is 3.52. The van der Waals surface area contributed by atoms with Crippen LogP contribution in [0.3, 0.4) is 0 Å². The van der Waals surface area contributed by atoms with E-state index in [1.807, 2.05) is 18.4 Å². The number of carbonyl (C=O) groups excluding carboxylic acids is 1. The number of ketones is 1. The van der Waals surface area contributed by atoms with E-state index in [1.165, 1.54) is 10.9 Å². The highest BCUT2D eigenvalue weighted by Gasteiger charge is 2.12. The van der Waals surface area contributed by atoms with Crippen LogP contribution in [0.1, 0.15) is 17.4 Å². The van der Waals surface area contributed by atoms with Crippen molar-refractivity contribution in [3.05, 3.63) is 58.0 Å². The molecule has 0 radical (unpaired) electrons. The Morgan fingerprint density at radius 2 is 2.05 bits per heavy atom. The minimum atomic E-state index is -0.304. The van der Waals surface area contributed by atoms with Crippen molar-refractivity contribution in [1.29, 1.82) is 0 Å². The van der Waals surface area contributed by atoms with Crippen LogP contribution in [0.2, 0.25) is 0 Å². The van der Waals surface area contributed by atoms with Gasteiger partial charge in [0.25, 0.3) is 0 Å². The third kappa shape index (κ3) is 4.25. The zero-order valence-electron chi connectivity index (χ0n) is 11.5. The average molecular weight is 291 g/mol. The van der Waals surface area contributed by atoms with Gasteiger partial charge in [-0.25, -0.2) is 4.39 Å². The Morgan fingerprint density at radius 1 is 1.25 bits per heavy atom. The molecule has 0 amide bonds. The summed E-state index contributed by atoms with van der Waals surface area (Å²) in [6.45, 7) is 3.98. The van der Waals surface area contributed by atoms with E-state index in [4.69, 9.17) is 0 Å². The summed E-state index contributed by atoms with van der Waals surface area (Å²) in [6.07, 6.45) is 0.160. The SMILES string of the molecule is CCN(CC(=O)Cc1ccccc1F)Cc1cccs1. The summed E-state index contributed by atoms with van der Waals surface area (Å²) in [5.41, 5.74) is 0.477. The molecule has 0 unspecified atom stereocenters. The van der Waals surface area contributed by atoms with Crippen molar-refractivity contribution in [3.63, 3.8) is 0 Å². The van der Waals surface area contributed by atoms with E-state index in [9.17, 15) is 9.18 Å². The first-order chi connectivity index (χ1) is 9.69. The van der Waals surface area contributed by atoms with E-state index in [-0.39, 0.29) is 18.0 Å². The van der Waals surface area contributed by atoms with Crippen LogP contribution in [0.4, 0.5) is 4.39 Å². The van der Waals surface area contributed by atoms with E-state index in [1.54, 1.807) is 29.5 Å². The first kappa shape index (κ1) is 14.9. The van der Waals surface area contributed by atoms with Crippen LogP contribution >= 0.6 is 11.3 Å². The molecule has 0 spiro atoms. The maximum absolute atomic E-state index is 13.5. The molecule has 1 aromatic heterocycles. The maximum atomic E-state index is 13.5. The summed E-state index contributed by atoms with van der Waals surface area (Å²) in [5, 5.41) is 2.03. The van der Waals surface area contributed by atoms with Crippen molar-refractivity contribution in [2.75, 3.05) is 13.1 Å². The van der Waals surface area contributed by atoms with Gasteiger partial charge in [-0.1, -0.05) is 31.2 Å². The quantitative estimate of drug-likeness (QED) is 0.778. The molecule has 0 N–H and O–H groups in total. The number of likely N-dealkylation sites (N-methyl/N-ethyl adjacent to an activating group) is 1. The minimum absolute atomic E-state index is 0.0495.